The Balaban J connectivity index is 2.21. The second-order valence-corrected chi connectivity index (χ2v) is 4.15. The summed E-state index contributed by atoms with van der Waals surface area (Å²) in [6.45, 7) is 6.30. The molecule has 0 amide bonds. The standard InChI is InChI=1S/C10H19N3/c1-8(5-11)12-6-10-4-9(2)13(3)7-10/h8-10,12H,4,6-7H2,1-3H3. The molecular formula is C10H19N3. The summed E-state index contributed by atoms with van der Waals surface area (Å²) in [6, 6.07) is 2.87. The largest absolute Gasteiger partial charge is 0.303 e. The molecule has 13 heavy (non-hydrogen) atoms. The van der Waals surface area contributed by atoms with Gasteiger partial charge in [-0.2, -0.15) is 5.26 Å². The minimum Gasteiger partial charge on any atom is -0.303 e. The minimum absolute atomic E-state index is 0.0128. The van der Waals surface area contributed by atoms with Gasteiger partial charge in [0.05, 0.1) is 12.1 Å². The van der Waals surface area contributed by atoms with E-state index in [2.05, 4.69) is 30.3 Å². The van der Waals surface area contributed by atoms with Crippen LogP contribution in [0, 0.1) is 17.2 Å². The Morgan fingerprint density at radius 3 is 2.85 bits per heavy atom. The molecule has 3 atom stereocenters. The molecule has 0 aromatic heterocycles. The second-order valence-electron chi connectivity index (χ2n) is 4.15. The summed E-state index contributed by atoms with van der Waals surface area (Å²) >= 11 is 0. The lowest BCUT2D eigenvalue weighted by Crippen LogP contribution is -2.31. The summed E-state index contributed by atoms with van der Waals surface area (Å²) in [5.41, 5.74) is 0. The molecule has 3 unspecified atom stereocenters. The van der Waals surface area contributed by atoms with Gasteiger partial charge in [0, 0.05) is 19.1 Å². The molecule has 0 spiro atoms. The van der Waals surface area contributed by atoms with Crippen LogP contribution in [0.25, 0.3) is 0 Å². The minimum atomic E-state index is -0.0128. The molecule has 1 aliphatic heterocycles. The van der Waals surface area contributed by atoms with Crippen molar-refractivity contribution in [3.8, 4) is 6.07 Å². The highest BCUT2D eigenvalue weighted by molar-refractivity contribution is 4.88. The Labute approximate surface area is 80.7 Å². The first kappa shape index (κ1) is 10.5. The number of nitriles is 1. The third kappa shape index (κ3) is 2.98. The normalized spacial score (nSPS) is 31.5. The summed E-state index contributed by atoms with van der Waals surface area (Å²) in [6.07, 6.45) is 1.25. The van der Waals surface area contributed by atoms with E-state index >= 15 is 0 Å². The van der Waals surface area contributed by atoms with Gasteiger partial charge in [0.15, 0.2) is 0 Å². The quantitative estimate of drug-likeness (QED) is 0.701. The SMILES string of the molecule is CC(C#N)NCC1CC(C)N(C)C1. The highest BCUT2D eigenvalue weighted by Crippen LogP contribution is 2.20. The summed E-state index contributed by atoms with van der Waals surface area (Å²) < 4.78 is 0. The van der Waals surface area contributed by atoms with Crippen molar-refractivity contribution in [1.29, 1.82) is 5.26 Å². The molecule has 1 heterocycles. The Morgan fingerprint density at radius 1 is 1.69 bits per heavy atom. The monoisotopic (exact) mass is 181 g/mol. The Kier molecular flexibility index (Phi) is 3.71. The van der Waals surface area contributed by atoms with Gasteiger partial charge in [-0.25, -0.2) is 0 Å². The van der Waals surface area contributed by atoms with Crippen LogP contribution in [0.3, 0.4) is 0 Å². The Bertz CT molecular complexity index is 187. The maximum Gasteiger partial charge on any atom is 0.0924 e. The molecule has 0 aromatic carbocycles. The Hall–Kier alpha value is -0.590. The third-order valence-corrected chi connectivity index (χ3v) is 2.88. The van der Waals surface area contributed by atoms with Gasteiger partial charge >= 0.3 is 0 Å². The van der Waals surface area contributed by atoms with E-state index in [1.165, 1.54) is 6.42 Å². The van der Waals surface area contributed by atoms with Crippen molar-refractivity contribution in [3.63, 3.8) is 0 Å². The van der Waals surface area contributed by atoms with Crippen LogP contribution >= 0.6 is 0 Å². The van der Waals surface area contributed by atoms with Crippen LogP contribution in [-0.2, 0) is 0 Å². The van der Waals surface area contributed by atoms with Crippen molar-refractivity contribution in [3.05, 3.63) is 0 Å². The van der Waals surface area contributed by atoms with Gasteiger partial charge in [-0.05, 0) is 33.2 Å². The smallest absolute Gasteiger partial charge is 0.0924 e. The predicted molar refractivity (Wildman–Crippen MR) is 53.3 cm³/mol. The van der Waals surface area contributed by atoms with E-state index in [-0.39, 0.29) is 6.04 Å². The first-order chi connectivity index (χ1) is 6.13. The molecule has 3 nitrogen and oxygen atoms in total. The molecule has 0 aliphatic carbocycles. The summed E-state index contributed by atoms with van der Waals surface area (Å²) in [5, 5.41) is 11.8. The predicted octanol–water partition coefficient (Wildman–Crippen LogP) is 0.828. The van der Waals surface area contributed by atoms with Crippen molar-refractivity contribution >= 4 is 0 Å². The second kappa shape index (κ2) is 4.59. The average Bonchev–Trinajstić information content (AvgIpc) is 2.42. The number of likely N-dealkylation sites (tertiary alicyclic amines) is 1. The maximum absolute atomic E-state index is 8.59. The fourth-order valence-corrected chi connectivity index (χ4v) is 1.86. The van der Waals surface area contributed by atoms with Crippen molar-refractivity contribution < 1.29 is 0 Å². The van der Waals surface area contributed by atoms with Crippen LogP contribution in [0.15, 0.2) is 0 Å². The van der Waals surface area contributed by atoms with Crippen LogP contribution in [0.2, 0.25) is 0 Å². The molecule has 1 fully saturated rings. The first-order valence-corrected chi connectivity index (χ1v) is 4.96. The highest BCUT2D eigenvalue weighted by atomic mass is 15.2. The van der Waals surface area contributed by atoms with Gasteiger partial charge in [0.25, 0.3) is 0 Å². The lowest BCUT2D eigenvalue weighted by Gasteiger charge is -2.13. The molecule has 1 aliphatic rings. The zero-order valence-corrected chi connectivity index (χ0v) is 8.75. The van der Waals surface area contributed by atoms with Crippen LogP contribution < -0.4 is 5.32 Å². The molecule has 0 saturated carbocycles. The van der Waals surface area contributed by atoms with Crippen LogP contribution in [0.5, 0.6) is 0 Å². The van der Waals surface area contributed by atoms with Gasteiger partial charge < -0.3 is 10.2 Å². The van der Waals surface area contributed by atoms with Gasteiger partial charge in [-0.3, -0.25) is 0 Å². The summed E-state index contributed by atoms with van der Waals surface area (Å²) in [7, 11) is 2.17. The van der Waals surface area contributed by atoms with E-state index in [1.54, 1.807) is 0 Å². The number of hydrogen-bond donors (Lipinski definition) is 1. The molecule has 3 heteroatoms. The van der Waals surface area contributed by atoms with Crippen LogP contribution in [-0.4, -0.2) is 37.1 Å². The zero-order valence-electron chi connectivity index (χ0n) is 8.75. The van der Waals surface area contributed by atoms with Crippen molar-refractivity contribution in [2.45, 2.75) is 32.4 Å². The zero-order chi connectivity index (χ0) is 9.84. The highest BCUT2D eigenvalue weighted by Gasteiger charge is 2.25. The molecule has 0 bridgehead atoms. The average molecular weight is 181 g/mol. The molecule has 1 saturated heterocycles. The Morgan fingerprint density at radius 2 is 2.38 bits per heavy atom. The van der Waals surface area contributed by atoms with Crippen molar-refractivity contribution in [2.24, 2.45) is 5.92 Å². The number of nitrogens with zero attached hydrogens (tertiary/aromatic N) is 2. The number of nitrogens with one attached hydrogen (secondary N) is 1. The van der Waals surface area contributed by atoms with Gasteiger partial charge in [-0.15, -0.1) is 0 Å². The van der Waals surface area contributed by atoms with E-state index in [9.17, 15) is 0 Å². The summed E-state index contributed by atoms with van der Waals surface area (Å²) in [5.74, 6) is 0.718. The molecule has 1 rings (SSSR count). The summed E-state index contributed by atoms with van der Waals surface area (Å²) in [4.78, 5) is 2.38. The van der Waals surface area contributed by atoms with Crippen molar-refractivity contribution in [2.75, 3.05) is 20.1 Å². The molecular weight excluding hydrogens is 162 g/mol. The van der Waals surface area contributed by atoms with Crippen LogP contribution in [0.4, 0.5) is 0 Å². The number of rotatable bonds is 3. The van der Waals surface area contributed by atoms with E-state index in [0.29, 0.717) is 6.04 Å². The number of hydrogen-bond acceptors (Lipinski definition) is 3. The molecule has 0 radical (unpaired) electrons. The van der Waals surface area contributed by atoms with Crippen molar-refractivity contribution in [1.82, 2.24) is 10.2 Å². The third-order valence-electron chi connectivity index (χ3n) is 2.88. The van der Waals surface area contributed by atoms with E-state index in [4.69, 9.17) is 5.26 Å². The van der Waals surface area contributed by atoms with Gasteiger partial charge in [0.1, 0.15) is 0 Å². The fraction of sp³-hybridized carbons (Fsp3) is 0.900. The van der Waals surface area contributed by atoms with E-state index < -0.39 is 0 Å². The van der Waals surface area contributed by atoms with Crippen LogP contribution in [0.1, 0.15) is 20.3 Å². The molecule has 74 valence electrons. The first-order valence-electron chi connectivity index (χ1n) is 4.96. The lowest BCUT2D eigenvalue weighted by molar-refractivity contribution is 0.324. The lowest BCUT2D eigenvalue weighted by atomic mass is 10.1. The fourth-order valence-electron chi connectivity index (χ4n) is 1.86. The van der Waals surface area contributed by atoms with E-state index in [1.807, 2.05) is 6.92 Å². The maximum atomic E-state index is 8.59. The molecule has 0 aromatic rings. The topological polar surface area (TPSA) is 39.1 Å². The van der Waals surface area contributed by atoms with Gasteiger partial charge in [0.2, 0.25) is 0 Å². The van der Waals surface area contributed by atoms with Gasteiger partial charge in [-0.1, -0.05) is 0 Å². The van der Waals surface area contributed by atoms with E-state index in [0.717, 1.165) is 19.0 Å². The molecule has 1 N–H and O–H groups in total.